The van der Waals surface area contributed by atoms with Gasteiger partial charge in [-0.3, -0.25) is 4.79 Å². The fourth-order valence-corrected chi connectivity index (χ4v) is 10.2. The van der Waals surface area contributed by atoms with Gasteiger partial charge < -0.3 is 48.1 Å². The van der Waals surface area contributed by atoms with E-state index in [-0.39, 0.29) is 55.8 Å². The van der Waals surface area contributed by atoms with E-state index in [4.69, 9.17) is 37.9 Å². The minimum atomic E-state index is -1.11. The fraction of sp³-hybridized carbons (Fsp3) is 0.472. The van der Waals surface area contributed by atoms with Crippen LogP contribution in [0.3, 0.4) is 0 Å². The molecule has 1 aliphatic heterocycles. The predicted molar refractivity (Wildman–Crippen MR) is 337 cm³/mol. The van der Waals surface area contributed by atoms with E-state index in [1.807, 2.05) is 130 Å². The van der Waals surface area contributed by atoms with Crippen LogP contribution in [0.5, 0.6) is 17.2 Å². The van der Waals surface area contributed by atoms with Crippen molar-refractivity contribution in [2.75, 3.05) is 34.5 Å². The van der Waals surface area contributed by atoms with E-state index in [1.54, 1.807) is 28.3 Å². The Morgan fingerprint density at radius 3 is 1.25 bits per heavy atom. The molecule has 13 heteroatoms. The minimum Gasteiger partial charge on any atom is -0.497 e. The highest BCUT2D eigenvalue weighted by Crippen LogP contribution is 2.29. The molecule has 10 atom stereocenters. The highest BCUT2D eigenvalue weighted by molar-refractivity contribution is 5.95. The summed E-state index contributed by atoms with van der Waals surface area (Å²) in [6, 6.07) is 53.4. The van der Waals surface area contributed by atoms with Gasteiger partial charge in [0.25, 0.3) is 0 Å². The van der Waals surface area contributed by atoms with E-state index in [0.29, 0.717) is 25.0 Å². The van der Waals surface area contributed by atoms with Gasteiger partial charge in [-0.05, 0) is 133 Å². The Morgan fingerprint density at radius 2 is 0.871 bits per heavy atom. The molecule has 0 aliphatic carbocycles. The summed E-state index contributed by atoms with van der Waals surface area (Å²) in [4.78, 5) is 27.1. The number of hydrogen-bond donors (Lipinski definition) is 2. The van der Waals surface area contributed by atoms with E-state index in [9.17, 15) is 19.8 Å². The molecule has 6 aromatic rings. The molecule has 13 nitrogen and oxygen atoms in total. The number of cyclic esters (lactones) is 1. The standard InChI is InChI=1S/C26H33NO6.C25H36O3.C21H28O3/c1-17(2)23-16-33-26(30)27(23)25(29)22(14-19-8-6-5-7-9-19)24(28)18(3)32-15-20-10-12-21(31-4)13-11-20;1-6-23(16-21-10-8-7-9-11-21)25(28-17-19(2)3)20(4)27-18-22-12-14-24(26-5)15-13-22;1-4-19(14-17-8-6-5-7-9-17)21(22)16(2)24-15-18-10-12-20(23-3)13-11-18/h5-13,17-18,22-24,28H,14-16H2,1-4H3;7-15,19-20,23,25H,6,16-18H2,1-5H3;5-13,16,19,21-22H,4,14-15H2,1-3H3/t18-,22+,23?,24-;20-,23+,25-;16-,19+,21-/m000/s1. The summed E-state index contributed by atoms with van der Waals surface area (Å²) in [7, 11) is 4.94. The number of amides is 2. The summed E-state index contributed by atoms with van der Waals surface area (Å²) in [6.45, 7) is 20.7. The number of methoxy groups -OCH3 is 3. The van der Waals surface area contributed by atoms with Crippen molar-refractivity contribution in [1.29, 1.82) is 0 Å². The molecule has 85 heavy (non-hydrogen) atoms. The first-order valence-electron chi connectivity index (χ1n) is 30.3. The molecule has 7 rings (SSSR count). The van der Waals surface area contributed by atoms with Crippen LogP contribution in [0.1, 0.15) is 109 Å². The topological polar surface area (TPSA) is 152 Å². The van der Waals surface area contributed by atoms with Crippen molar-refractivity contribution in [1.82, 2.24) is 4.90 Å². The largest absolute Gasteiger partial charge is 0.497 e. The van der Waals surface area contributed by atoms with Crippen molar-refractivity contribution in [3.63, 3.8) is 0 Å². The van der Waals surface area contributed by atoms with Gasteiger partial charge in [0.2, 0.25) is 5.91 Å². The summed E-state index contributed by atoms with van der Waals surface area (Å²) in [5, 5.41) is 21.9. The Labute approximate surface area is 507 Å². The Kier molecular flexibility index (Phi) is 30.2. The average molecular weight is 1170 g/mol. The lowest BCUT2D eigenvalue weighted by atomic mass is 9.89. The molecule has 0 aromatic heterocycles. The van der Waals surface area contributed by atoms with Crippen molar-refractivity contribution < 1.29 is 57.7 Å². The zero-order chi connectivity index (χ0) is 61.7. The maximum atomic E-state index is 13.6. The smallest absolute Gasteiger partial charge is 0.416 e. The van der Waals surface area contributed by atoms with E-state index in [0.717, 1.165) is 71.8 Å². The molecule has 2 amide bonds. The van der Waals surface area contributed by atoms with Crippen LogP contribution in [-0.4, -0.2) is 104 Å². The molecule has 0 bridgehead atoms. The second-order valence-corrected chi connectivity index (χ2v) is 22.9. The van der Waals surface area contributed by atoms with Crippen LogP contribution in [-0.2, 0) is 67.6 Å². The van der Waals surface area contributed by atoms with Crippen LogP contribution < -0.4 is 14.2 Å². The summed E-state index contributed by atoms with van der Waals surface area (Å²) < 4.78 is 45.2. The van der Waals surface area contributed by atoms with E-state index in [2.05, 4.69) is 89.2 Å². The molecule has 1 heterocycles. The molecule has 0 radical (unpaired) electrons. The lowest BCUT2D eigenvalue weighted by Gasteiger charge is -2.32. The number of carbonyl (C=O) groups is 2. The highest BCUT2D eigenvalue weighted by atomic mass is 16.6. The second kappa shape index (κ2) is 37.1. The zero-order valence-corrected chi connectivity index (χ0v) is 52.5. The van der Waals surface area contributed by atoms with Crippen LogP contribution in [0.4, 0.5) is 4.79 Å². The minimum absolute atomic E-state index is 0.0227. The number of hydrogen-bond acceptors (Lipinski definition) is 12. The van der Waals surface area contributed by atoms with Crippen LogP contribution in [0.2, 0.25) is 0 Å². The third kappa shape index (κ3) is 23.0. The monoisotopic (exact) mass is 1170 g/mol. The van der Waals surface area contributed by atoms with Gasteiger partial charge in [-0.25, -0.2) is 9.69 Å². The van der Waals surface area contributed by atoms with Gasteiger partial charge in [-0.1, -0.05) is 182 Å². The Balaban J connectivity index is 0.000000236. The van der Waals surface area contributed by atoms with E-state index < -0.39 is 36.2 Å². The fourth-order valence-electron chi connectivity index (χ4n) is 10.2. The maximum Gasteiger partial charge on any atom is 0.416 e. The average Bonchev–Trinajstić information content (AvgIpc) is 3.68. The first kappa shape index (κ1) is 69.2. The van der Waals surface area contributed by atoms with Gasteiger partial charge in [0.15, 0.2) is 0 Å². The van der Waals surface area contributed by atoms with E-state index in [1.165, 1.54) is 16.0 Å². The van der Waals surface area contributed by atoms with Crippen LogP contribution in [0.15, 0.2) is 164 Å². The Hall–Kier alpha value is -6.58. The van der Waals surface area contributed by atoms with Crippen molar-refractivity contribution in [3.8, 4) is 17.2 Å². The van der Waals surface area contributed by atoms with Crippen molar-refractivity contribution >= 4 is 12.0 Å². The quantitative estimate of drug-likeness (QED) is 0.0426. The van der Waals surface area contributed by atoms with Crippen LogP contribution in [0, 0.1) is 29.6 Å². The van der Waals surface area contributed by atoms with Gasteiger partial charge in [0.1, 0.15) is 23.9 Å². The highest BCUT2D eigenvalue weighted by Gasteiger charge is 2.45. The first-order chi connectivity index (χ1) is 41.0. The first-order valence-corrected chi connectivity index (χ1v) is 30.3. The Morgan fingerprint density at radius 1 is 0.494 bits per heavy atom. The Bertz CT molecular complexity index is 2750. The molecule has 0 spiro atoms. The van der Waals surface area contributed by atoms with Crippen LogP contribution >= 0.6 is 0 Å². The van der Waals surface area contributed by atoms with Gasteiger partial charge in [0.05, 0.1) is 89.7 Å². The van der Waals surface area contributed by atoms with Crippen LogP contribution in [0.25, 0.3) is 0 Å². The molecule has 1 aliphatic rings. The predicted octanol–water partition coefficient (Wildman–Crippen LogP) is 14.0. The summed E-state index contributed by atoms with van der Waals surface area (Å²) in [5.41, 5.74) is 6.65. The van der Waals surface area contributed by atoms with Crippen molar-refractivity contribution in [2.24, 2.45) is 29.6 Å². The number of rotatable bonds is 31. The van der Waals surface area contributed by atoms with Gasteiger partial charge in [-0.2, -0.15) is 0 Å². The number of imide groups is 1. The van der Waals surface area contributed by atoms with Crippen molar-refractivity contribution in [3.05, 3.63) is 197 Å². The van der Waals surface area contributed by atoms with E-state index >= 15 is 0 Å². The zero-order valence-electron chi connectivity index (χ0n) is 52.5. The number of benzene rings is 6. The molecular formula is C72H97NO12. The molecule has 1 saturated heterocycles. The normalized spacial score (nSPS) is 16.3. The molecule has 6 aromatic carbocycles. The molecule has 0 saturated carbocycles. The maximum absolute atomic E-state index is 13.6. The number of carbonyl (C=O) groups excluding carboxylic acids is 2. The summed E-state index contributed by atoms with van der Waals surface area (Å²) in [5.74, 6) is 2.31. The van der Waals surface area contributed by atoms with Crippen molar-refractivity contribution in [2.45, 2.75) is 157 Å². The number of aliphatic hydroxyl groups excluding tert-OH is 2. The summed E-state index contributed by atoms with van der Waals surface area (Å²) in [6.07, 6.45) is 1.15. The number of nitrogens with zero attached hydrogens (tertiary/aromatic N) is 1. The molecule has 2 N–H and O–H groups in total. The van der Waals surface area contributed by atoms with Gasteiger partial charge in [0, 0.05) is 6.61 Å². The lowest BCUT2D eigenvalue weighted by Crippen LogP contribution is -2.50. The molecule has 1 fully saturated rings. The van der Waals surface area contributed by atoms with Gasteiger partial charge >= 0.3 is 6.09 Å². The second-order valence-electron chi connectivity index (χ2n) is 22.9. The number of ether oxygens (including phenoxy) is 8. The number of aliphatic hydroxyl groups is 2. The lowest BCUT2D eigenvalue weighted by molar-refractivity contribution is -0.143. The SMILES string of the molecule is CC[C@H](Cc1ccccc1)[C@@H](O)[C@H](C)OCc1ccc(OC)cc1.CC[C@H](Cc1ccccc1)[C@@H](OCC(C)C)[C@H](C)OCc1ccc(OC)cc1.COc1ccc(CO[C@@H](C)[C@H](O)[C@@H](Cc2ccccc2)C(=O)N2C(=O)OCC2C(C)C)cc1. The molecule has 1 unspecified atom stereocenters. The molecule has 462 valence electrons. The third-order valence-corrected chi connectivity index (χ3v) is 15.7. The van der Waals surface area contributed by atoms with Gasteiger partial charge in [-0.15, -0.1) is 0 Å². The third-order valence-electron chi connectivity index (χ3n) is 15.7. The summed E-state index contributed by atoms with van der Waals surface area (Å²) >= 11 is 0. The molecular weight excluding hydrogens is 1070 g/mol.